The zero-order valence-electron chi connectivity index (χ0n) is 13.0. The van der Waals surface area contributed by atoms with Crippen molar-refractivity contribution in [1.82, 2.24) is 20.7 Å². The number of hydrogen-bond donors (Lipinski definition) is 2. The number of hydrogen-bond acceptors (Lipinski definition) is 4. The minimum atomic E-state index is -0.283. The van der Waals surface area contributed by atoms with Crippen LogP contribution in [0.1, 0.15) is 23.2 Å². The van der Waals surface area contributed by atoms with E-state index in [1.54, 1.807) is 30.3 Å². The van der Waals surface area contributed by atoms with E-state index in [9.17, 15) is 9.18 Å². The van der Waals surface area contributed by atoms with Gasteiger partial charge in [-0.1, -0.05) is 0 Å². The van der Waals surface area contributed by atoms with Gasteiger partial charge >= 0.3 is 0 Å². The number of H-pyrrole nitrogens is 1. The van der Waals surface area contributed by atoms with Crippen LogP contribution in [0.3, 0.4) is 0 Å². The number of amides is 1. The highest BCUT2D eigenvalue weighted by Gasteiger charge is 2.07. The number of halogens is 1. The number of carbonyl (C=O) groups excluding carboxylic acids is 1. The Balaban J connectivity index is 1.36. The van der Waals surface area contributed by atoms with Gasteiger partial charge in [0.25, 0.3) is 5.91 Å². The molecule has 124 valence electrons. The van der Waals surface area contributed by atoms with Gasteiger partial charge in [-0.05, 0) is 55.3 Å². The lowest BCUT2D eigenvalue weighted by atomic mass is 10.2. The molecule has 1 heterocycles. The zero-order chi connectivity index (χ0) is 16.8. The third-order valence-corrected chi connectivity index (χ3v) is 3.52. The van der Waals surface area contributed by atoms with Gasteiger partial charge in [-0.3, -0.25) is 4.79 Å². The molecule has 0 radical (unpaired) electrons. The molecule has 0 saturated carbocycles. The summed E-state index contributed by atoms with van der Waals surface area (Å²) in [6, 6.07) is 11.1. The third kappa shape index (κ3) is 4.07. The van der Waals surface area contributed by atoms with E-state index in [-0.39, 0.29) is 11.7 Å². The monoisotopic (exact) mass is 328 g/mol. The maximum atomic E-state index is 12.8. The highest BCUT2D eigenvalue weighted by molar-refractivity contribution is 5.97. The fourth-order valence-electron chi connectivity index (χ4n) is 2.23. The first-order valence-corrected chi connectivity index (χ1v) is 7.69. The second-order valence-electron chi connectivity index (χ2n) is 5.29. The van der Waals surface area contributed by atoms with Crippen LogP contribution < -0.4 is 10.1 Å². The molecule has 0 aliphatic rings. The molecule has 2 aromatic carbocycles. The van der Waals surface area contributed by atoms with E-state index < -0.39 is 0 Å². The quantitative estimate of drug-likeness (QED) is 0.654. The number of unbranched alkanes of at least 4 members (excludes halogenated alkanes) is 1. The number of aromatic nitrogens is 3. The third-order valence-electron chi connectivity index (χ3n) is 3.52. The number of nitrogens with one attached hydrogen (secondary N) is 2. The summed E-state index contributed by atoms with van der Waals surface area (Å²) in [6.45, 7) is 1.08. The molecule has 0 saturated heterocycles. The number of rotatable bonds is 7. The van der Waals surface area contributed by atoms with Crippen molar-refractivity contribution in [3.8, 4) is 5.75 Å². The molecule has 1 aromatic heterocycles. The number of benzene rings is 2. The molecule has 3 rings (SSSR count). The number of ether oxygens (including phenoxy) is 1. The first-order valence-electron chi connectivity index (χ1n) is 7.69. The zero-order valence-corrected chi connectivity index (χ0v) is 13.0. The summed E-state index contributed by atoms with van der Waals surface area (Å²) in [5.41, 5.74) is 1.94. The van der Waals surface area contributed by atoms with Crippen molar-refractivity contribution in [3.05, 3.63) is 53.8 Å². The highest BCUT2D eigenvalue weighted by Crippen LogP contribution is 2.12. The Morgan fingerprint density at radius 3 is 2.71 bits per heavy atom. The van der Waals surface area contributed by atoms with Crippen LogP contribution in [-0.4, -0.2) is 34.5 Å². The van der Waals surface area contributed by atoms with Gasteiger partial charge < -0.3 is 10.1 Å². The predicted octanol–water partition coefficient (Wildman–Crippen LogP) is 2.69. The van der Waals surface area contributed by atoms with Gasteiger partial charge in [0.1, 0.15) is 22.6 Å². The van der Waals surface area contributed by atoms with Crippen LogP contribution in [-0.2, 0) is 0 Å². The highest BCUT2D eigenvalue weighted by atomic mass is 19.1. The molecule has 0 aliphatic heterocycles. The molecule has 1 amide bonds. The summed E-state index contributed by atoms with van der Waals surface area (Å²) in [7, 11) is 0. The van der Waals surface area contributed by atoms with Crippen molar-refractivity contribution >= 4 is 16.9 Å². The molecule has 7 heteroatoms. The van der Waals surface area contributed by atoms with E-state index in [0.717, 1.165) is 18.4 Å². The van der Waals surface area contributed by atoms with Gasteiger partial charge in [0.05, 0.1) is 6.61 Å². The lowest BCUT2D eigenvalue weighted by Gasteiger charge is -2.07. The van der Waals surface area contributed by atoms with Gasteiger partial charge in [0, 0.05) is 12.1 Å². The standard InChI is InChI=1S/C17H17FN4O2/c18-13-4-6-14(7-5-13)24-10-2-1-9-19-17(23)12-3-8-15-16(11-12)21-22-20-15/h3-8,11H,1-2,9-10H2,(H,19,23)(H,20,21,22). The van der Waals surface area contributed by atoms with E-state index in [1.165, 1.54) is 12.1 Å². The summed E-state index contributed by atoms with van der Waals surface area (Å²) >= 11 is 0. The van der Waals surface area contributed by atoms with E-state index in [0.29, 0.717) is 30.0 Å². The molecule has 3 aromatic rings. The van der Waals surface area contributed by atoms with Crippen LogP contribution in [0.5, 0.6) is 5.75 Å². The molecular weight excluding hydrogens is 311 g/mol. The smallest absolute Gasteiger partial charge is 0.251 e. The first-order chi connectivity index (χ1) is 11.7. The Labute approximate surface area is 138 Å². The van der Waals surface area contributed by atoms with Crippen molar-refractivity contribution in [2.45, 2.75) is 12.8 Å². The summed E-state index contributed by atoms with van der Waals surface area (Å²) in [6.07, 6.45) is 1.58. The van der Waals surface area contributed by atoms with E-state index in [4.69, 9.17) is 4.74 Å². The number of nitrogens with zero attached hydrogens (tertiary/aromatic N) is 2. The van der Waals surface area contributed by atoms with E-state index >= 15 is 0 Å². The fourth-order valence-corrected chi connectivity index (χ4v) is 2.23. The maximum absolute atomic E-state index is 12.8. The van der Waals surface area contributed by atoms with Crippen LogP contribution in [0.25, 0.3) is 11.0 Å². The molecule has 0 fully saturated rings. The van der Waals surface area contributed by atoms with Gasteiger partial charge in [-0.15, -0.1) is 0 Å². The predicted molar refractivity (Wildman–Crippen MR) is 87.4 cm³/mol. The Kier molecular flexibility index (Phi) is 5.00. The lowest BCUT2D eigenvalue weighted by Crippen LogP contribution is -2.24. The molecule has 0 bridgehead atoms. The Morgan fingerprint density at radius 2 is 1.88 bits per heavy atom. The summed E-state index contributed by atoms with van der Waals surface area (Å²) < 4.78 is 18.2. The summed E-state index contributed by atoms with van der Waals surface area (Å²) in [5, 5.41) is 13.3. The van der Waals surface area contributed by atoms with Gasteiger partial charge in [-0.2, -0.15) is 15.4 Å². The van der Waals surface area contributed by atoms with Gasteiger partial charge in [0.2, 0.25) is 0 Å². The van der Waals surface area contributed by atoms with Crippen molar-refractivity contribution in [1.29, 1.82) is 0 Å². The topological polar surface area (TPSA) is 79.9 Å². The van der Waals surface area contributed by atoms with Crippen LogP contribution >= 0.6 is 0 Å². The van der Waals surface area contributed by atoms with Crippen LogP contribution in [0.2, 0.25) is 0 Å². The number of carbonyl (C=O) groups is 1. The molecule has 0 unspecified atom stereocenters. The molecule has 2 N–H and O–H groups in total. The van der Waals surface area contributed by atoms with Crippen molar-refractivity contribution < 1.29 is 13.9 Å². The molecule has 0 atom stereocenters. The molecule has 0 spiro atoms. The Hall–Kier alpha value is -2.96. The fraction of sp³-hybridized carbons (Fsp3) is 0.235. The Morgan fingerprint density at radius 1 is 1.08 bits per heavy atom. The van der Waals surface area contributed by atoms with Crippen LogP contribution in [0.15, 0.2) is 42.5 Å². The maximum Gasteiger partial charge on any atom is 0.251 e. The molecule has 0 aliphatic carbocycles. The molecular formula is C17H17FN4O2. The minimum Gasteiger partial charge on any atom is -0.494 e. The van der Waals surface area contributed by atoms with E-state index in [2.05, 4.69) is 20.7 Å². The summed E-state index contributed by atoms with van der Waals surface area (Å²) in [5.74, 6) is 0.217. The minimum absolute atomic E-state index is 0.139. The Bertz CT molecular complexity index is 817. The van der Waals surface area contributed by atoms with Gasteiger partial charge in [-0.25, -0.2) is 4.39 Å². The van der Waals surface area contributed by atoms with Gasteiger partial charge in [0.15, 0.2) is 0 Å². The number of fused-ring (bicyclic) bond motifs is 1. The molecule has 6 nitrogen and oxygen atoms in total. The van der Waals surface area contributed by atoms with Crippen LogP contribution in [0.4, 0.5) is 4.39 Å². The second kappa shape index (κ2) is 7.54. The van der Waals surface area contributed by atoms with Crippen LogP contribution in [0, 0.1) is 5.82 Å². The normalized spacial score (nSPS) is 10.7. The van der Waals surface area contributed by atoms with Crippen molar-refractivity contribution in [2.24, 2.45) is 0 Å². The lowest BCUT2D eigenvalue weighted by molar-refractivity contribution is 0.0952. The average molecular weight is 328 g/mol. The second-order valence-corrected chi connectivity index (χ2v) is 5.29. The van der Waals surface area contributed by atoms with E-state index in [1.807, 2.05) is 0 Å². The SMILES string of the molecule is O=C(NCCCCOc1ccc(F)cc1)c1ccc2n[nH]nc2c1. The molecule has 24 heavy (non-hydrogen) atoms. The van der Waals surface area contributed by atoms with Crippen molar-refractivity contribution in [3.63, 3.8) is 0 Å². The largest absolute Gasteiger partial charge is 0.494 e. The number of aromatic amines is 1. The first kappa shape index (κ1) is 15.9. The summed E-state index contributed by atoms with van der Waals surface area (Å²) in [4.78, 5) is 12.1. The van der Waals surface area contributed by atoms with Crippen molar-refractivity contribution in [2.75, 3.05) is 13.2 Å². The average Bonchev–Trinajstić information content (AvgIpc) is 3.07.